The zero-order valence-corrected chi connectivity index (χ0v) is 12.9. The second kappa shape index (κ2) is 6.95. The van der Waals surface area contributed by atoms with Crippen LogP contribution in [-0.2, 0) is 0 Å². The van der Waals surface area contributed by atoms with Crippen LogP contribution in [0.2, 0.25) is 5.02 Å². The fraction of sp³-hybridized carbons (Fsp3) is 0.250. The van der Waals surface area contributed by atoms with Crippen molar-refractivity contribution in [1.29, 1.82) is 0 Å². The van der Waals surface area contributed by atoms with E-state index < -0.39 is 5.51 Å². The van der Waals surface area contributed by atoms with E-state index in [1.807, 2.05) is 0 Å². The molecule has 4 N–H and O–H groups in total. The highest BCUT2D eigenvalue weighted by Gasteiger charge is 2.30. The van der Waals surface area contributed by atoms with Gasteiger partial charge in [0.05, 0.1) is 10.7 Å². The monoisotopic (exact) mass is 338 g/mol. The molecule has 1 aromatic carbocycles. The first kappa shape index (κ1) is 17.5. The first-order valence-electron chi connectivity index (χ1n) is 5.62. The number of nitrogens with zero attached hydrogens (tertiary/aromatic N) is 2. The summed E-state index contributed by atoms with van der Waals surface area (Å²) in [6, 6.07) is 3.94. The summed E-state index contributed by atoms with van der Waals surface area (Å²) in [5, 5.41) is -0.0454. The molecule has 0 saturated carbocycles. The fourth-order valence-electron chi connectivity index (χ4n) is 1.23. The van der Waals surface area contributed by atoms with E-state index in [1.165, 1.54) is 24.3 Å². The number of thioether (sulfide) groups is 1. The lowest BCUT2D eigenvalue weighted by Gasteiger charge is -2.11. The van der Waals surface area contributed by atoms with Crippen molar-refractivity contribution in [3.63, 3.8) is 0 Å². The molecule has 0 heterocycles. The minimum absolute atomic E-state index is 0.0454. The molecule has 0 amide bonds. The SMILES string of the molecule is CN(C)C(N)=CC(N)=Nc1ccc(SC(F)(F)F)c(Cl)c1. The smallest absolute Gasteiger partial charge is 0.385 e. The average Bonchev–Trinajstić information content (AvgIpc) is 2.30. The van der Waals surface area contributed by atoms with E-state index in [4.69, 9.17) is 23.1 Å². The second-order valence-electron chi connectivity index (χ2n) is 4.16. The Morgan fingerprint density at radius 3 is 2.43 bits per heavy atom. The van der Waals surface area contributed by atoms with E-state index in [1.54, 1.807) is 19.0 Å². The van der Waals surface area contributed by atoms with Crippen LogP contribution in [0.5, 0.6) is 0 Å². The minimum atomic E-state index is -4.39. The molecule has 4 nitrogen and oxygen atoms in total. The van der Waals surface area contributed by atoms with Crippen molar-refractivity contribution in [3.05, 3.63) is 35.1 Å². The van der Waals surface area contributed by atoms with Gasteiger partial charge in [0, 0.05) is 25.1 Å². The molecule has 0 aliphatic rings. The lowest BCUT2D eigenvalue weighted by Crippen LogP contribution is -2.21. The van der Waals surface area contributed by atoms with Gasteiger partial charge < -0.3 is 16.4 Å². The summed E-state index contributed by atoms with van der Waals surface area (Å²) in [7, 11) is 3.47. The zero-order chi connectivity index (χ0) is 16.2. The van der Waals surface area contributed by atoms with Gasteiger partial charge in [0.15, 0.2) is 0 Å². The third kappa shape index (κ3) is 6.17. The predicted molar refractivity (Wildman–Crippen MR) is 80.6 cm³/mol. The molecule has 0 bridgehead atoms. The van der Waals surface area contributed by atoms with Crippen molar-refractivity contribution in [2.45, 2.75) is 10.4 Å². The standard InChI is InChI=1S/C12H14ClF3N4S/c1-20(2)11(18)6-10(17)19-7-3-4-9(8(13)5-7)21-12(14,15)16/h3-6H,18H2,1-2H3,(H2,17,19). The van der Waals surface area contributed by atoms with Crippen LogP contribution in [0, 0.1) is 0 Å². The maximum atomic E-state index is 12.3. The summed E-state index contributed by atoms with van der Waals surface area (Å²) < 4.78 is 36.8. The molecule has 0 radical (unpaired) electrons. The van der Waals surface area contributed by atoms with Gasteiger partial charge in [-0.2, -0.15) is 13.2 Å². The molecule has 0 saturated heterocycles. The van der Waals surface area contributed by atoms with Crippen molar-refractivity contribution >= 4 is 34.9 Å². The van der Waals surface area contributed by atoms with Gasteiger partial charge in [-0.15, -0.1) is 0 Å². The molecule has 21 heavy (non-hydrogen) atoms. The third-order valence-electron chi connectivity index (χ3n) is 2.21. The van der Waals surface area contributed by atoms with Crippen molar-refractivity contribution in [1.82, 2.24) is 4.90 Å². The normalized spacial score (nSPS) is 13.4. The molecule has 1 aromatic rings. The number of nitrogens with two attached hydrogens (primary N) is 2. The highest BCUT2D eigenvalue weighted by molar-refractivity contribution is 8.00. The van der Waals surface area contributed by atoms with E-state index in [-0.39, 0.29) is 27.5 Å². The van der Waals surface area contributed by atoms with Crippen LogP contribution in [0.15, 0.2) is 40.0 Å². The van der Waals surface area contributed by atoms with E-state index in [2.05, 4.69) is 4.99 Å². The highest BCUT2D eigenvalue weighted by Crippen LogP contribution is 2.41. The molecule has 0 unspecified atom stereocenters. The molecule has 9 heteroatoms. The summed E-state index contributed by atoms with van der Waals surface area (Å²) >= 11 is 5.52. The Hall–Kier alpha value is -1.54. The van der Waals surface area contributed by atoms with Gasteiger partial charge >= 0.3 is 5.51 Å². The van der Waals surface area contributed by atoms with Crippen molar-refractivity contribution < 1.29 is 13.2 Å². The minimum Gasteiger partial charge on any atom is -0.385 e. The molecule has 0 spiro atoms. The van der Waals surface area contributed by atoms with E-state index in [9.17, 15) is 13.2 Å². The maximum absolute atomic E-state index is 12.3. The number of hydrogen-bond donors (Lipinski definition) is 2. The number of benzene rings is 1. The number of halogens is 4. The van der Waals surface area contributed by atoms with Crippen molar-refractivity contribution in [2.24, 2.45) is 16.5 Å². The van der Waals surface area contributed by atoms with E-state index in [0.717, 1.165) is 0 Å². The lowest BCUT2D eigenvalue weighted by atomic mass is 10.3. The Labute approximate surface area is 129 Å². The second-order valence-corrected chi connectivity index (χ2v) is 5.68. The Bertz CT molecular complexity index is 570. The summed E-state index contributed by atoms with van der Waals surface area (Å²) in [5.74, 6) is 0.514. The van der Waals surface area contributed by atoms with Crippen molar-refractivity contribution in [3.8, 4) is 0 Å². The van der Waals surface area contributed by atoms with Crippen LogP contribution in [-0.4, -0.2) is 30.3 Å². The van der Waals surface area contributed by atoms with Crippen molar-refractivity contribution in [2.75, 3.05) is 14.1 Å². The largest absolute Gasteiger partial charge is 0.446 e. The van der Waals surface area contributed by atoms with E-state index in [0.29, 0.717) is 11.5 Å². The first-order valence-corrected chi connectivity index (χ1v) is 6.82. The van der Waals surface area contributed by atoms with Crippen LogP contribution in [0.4, 0.5) is 18.9 Å². The molecule has 0 aromatic heterocycles. The maximum Gasteiger partial charge on any atom is 0.446 e. The van der Waals surface area contributed by atoms with Gasteiger partial charge in [0.25, 0.3) is 0 Å². The van der Waals surface area contributed by atoms with Gasteiger partial charge in [-0.25, -0.2) is 4.99 Å². The van der Waals surface area contributed by atoms with Gasteiger partial charge in [0.1, 0.15) is 11.7 Å². The summed E-state index contributed by atoms with van der Waals surface area (Å²) in [5.41, 5.74) is 7.29. The number of rotatable bonds is 4. The number of alkyl halides is 3. The Morgan fingerprint density at radius 2 is 1.95 bits per heavy atom. The predicted octanol–water partition coefficient (Wildman–Crippen LogP) is 3.30. The van der Waals surface area contributed by atoms with Gasteiger partial charge in [-0.3, -0.25) is 0 Å². The zero-order valence-electron chi connectivity index (χ0n) is 11.3. The highest BCUT2D eigenvalue weighted by atomic mass is 35.5. The number of hydrogen-bond acceptors (Lipinski definition) is 4. The van der Waals surface area contributed by atoms with Gasteiger partial charge in [-0.1, -0.05) is 11.6 Å². The number of aliphatic imine (C=N–C) groups is 1. The summed E-state index contributed by atoms with van der Waals surface area (Å²) in [4.78, 5) is 5.56. The van der Waals surface area contributed by atoms with Gasteiger partial charge in [0.2, 0.25) is 0 Å². The Morgan fingerprint density at radius 1 is 1.33 bits per heavy atom. The molecular weight excluding hydrogens is 325 g/mol. The quantitative estimate of drug-likeness (QED) is 0.502. The molecule has 0 aliphatic carbocycles. The fourth-order valence-corrected chi connectivity index (χ4v) is 2.06. The van der Waals surface area contributed by atoms with E-state index >= 15 is 0 Å². The molecule has 116 valence electrons. The van der Waals surface area contributed by atoms with Crippen LogP contribution >= 0.6 is 23.4 Å². The Balaban J connectivity index is 2.97. The summed E-state index contributed by atoms with van der Waals surface area (Å²) in [6.07, 6.45) is 1.44. The molecule has 0 aliphatic heterocycles. The van der Waals surface area contributed by atoms with Crippen LogP contribution in [0.1, 0.15) is 0 Å². The van der Waals surface area contributed by atoms with Crippen LogP contribution in [0.25, 0.3) is 0 Å². The first-order chi connectivity index (χ1) is 9.58. The van der Waals surface area contributed by atoms with Gasteiger partial charge in [-0.05, 0) is 30.0 Å². The topological polar surface area (TPSA) is 67.6 Å². The van der Waals surface area contributed by atoms with Crippen LogP contribution < -0.4 is 11.5 Å². The summed E-state index contributed by atoms with van der Waals surface area (Å²) in [6.45, 7) is 0. The average molecular weight is 339 g/mol. The molecular formula is C12H14ClF3N4S. The Kier molecular flexibility index (Phi) is 5.79. The number of amidine groups is 1. The molecule has 1 rings (SSSR count). The molecule has 0 fully saturated rings. The third-order valence-corrected chi connectivity index (χ3v) is 3.44. The molecule has 0 atom stereocenters. The van der Waals surface area contributed by atoms with Crippen LogP contribution in [0.3, 0.4) is 0 Å². The lowest BCUT2D eigenvalue weighted by molar-refractivity contribution is -0.0328.